The van der Waals surface area contributed by atoms with Gasteiger partial charge in [0.1, 0.15) is 18.1 Å². The van der Waals surface area contributed by atoms with Crippen LogP contribution in [0.3, 0.4) is 0 Å². The first-order valence-electron chi connectivity index (χ1n) is 15.4. The highest BCUT2D eigenvalue weighted by molar-refractivity contribution is 7.84. The fourth-order valence-electron chi connectivity index (χ4n) is 4.83. The Bertz CT molecular complexity index is 1540. The SMILES string of the molecule is CCCCOCCOc1ccc(-c2cc(Cl)c(OC)c(CCC(=O)Nc3ccc([S@](=O)Cc4cncn4CCC)cc3)c2)cc1. The number of carbonyl (C=O) groups is 1. The topological polar surface area (TPSA) is 91.7 Å². The van der Waals surface area contributed by atoms with E-state index in [0.717, 1.165) is 60.5 Å². The van der Waals surface area contributed by atoms with E-state index in [1.54, 1.807) is 43.9 Å². The maximum atomic E-state index is 12.9. The standard InChI is InChI=1S/C35H42ClN3O5S/c1-4-6-18-43-19-20-44-31-12-7-26(8-13-31)28-21-27(35(42-3)33(36)22-28)9-16-34(40)38-29-10-14-32(15-11-29)45(41)24-30-23-37-25-39(30)17-5-2/h7-8,10-15,21-23,25H,4-6,9,16-20,24H2,1-3H3,(H,38,40)/t45-/m1/s1. The summed E-state index contributed by atoms with van der Waals surface area (Å²) >= 11 is 6.60. The van der Waals surface area contributed by atoms with E-state index in [9.17, 15) is 9.00 Å². The molecule has 8 nitrogen and oxygen atoms in total. The first-order chi connectivity index (χ1) is 21.9. The molecule has 10 heteroatoms. The molecule has 0 spiro atoms. The Morgan fingerprint density at radius 2 is 1.76 bits per heavy atom. The molecule has 1 atom stereocenters. The fourth-order valence-corrected chi connectivity index (χ4v) is 6.26. The summed E-state index contributed by atoms with van der Waals surface area (Å²) in [7, 11) is 0.358. The number of aryl methyl sites for hydroxylation is 2. The molecule has 1 aromatic heterocycles. The zero-order chi connectivity index (χ0) is 32.0. The summed E-state index contributed by atoms with van der Waals surface area (Å²) in [6.07, 6.45) is 7.36. The molecular formula is C35H42ClN3O5S. The first-order valence-corrected chi connectivity index (χ1v) is 17.1. The monoisotopic (exact) mass is 651 g/mol. The van der Waals surface area contributed by atoms with Crippen LogP contribution < -0.4 is 14.8 Å². The number of aromatic nitrogens is 2. The van der Waals surface area contributed by atoms with E-state index in [1.165, 1.54) is 0 Å². The molecule has 240 valence electrons. The number of hydrogen-bond acceptors (Lipinski definition) is 6. The molecule has 1 amide bonds. The van der Waals surface area contributed by atoms with Gasteiger partial charge in [-0.15, -0.1) is 0 Å². The third-order valence-corrected chi connectivity index (χ3v) is 8.85. The number of unbranched alkanes of at least 4 members (excludes halogenated alkanes) is 1. The van der Waals surface area contributed by atoms with Crippen LogP contribution in [-0.4, -0.2) is 46.6 Å². The van der Waals surface area contributed by atoms with Crippen molar-refractivity contribution < 1.29 is 23.2 Å². The molecule has 0 radical (unpaired) electrons. The maximum Gasteiger partial charge on any atom is 0.224 e. The number of ether oxygens (including phenoxy) is 3. The zero-order valence-electron chi connectivity index (χ0n) is 26.2. The van der Waals surface area contributed by atoms with Crippen LogP contribution in [0.25, 0.3) is 11.1 Å². The van der Waals surface area contributed by atoms with Gasteiger partial charge in [0.05, 0.1) is 47.3 Å². The van der Waals surface area contributed by atoms with Gasteiger partial charge in [-0.3, -0.25) is 9.00 Å². The number of rotatable bonds is 18. The lowest BCUT2D eigenvalue weighted by Crippen LogP contribution is -2.12. The predicted molar refractivity (Wildman–Crippen MR) is 181 cm³/mol. The average Bonchev–Trinajstić information content (AvgIpc) is 3.48. The van der Waals surface area contributed by atoms with Gasteiger partial charge >= 0.3 is 0 Å². The average molecular weight is 652 g/mol. The summed E-state index contributed by atoms with van der Waals surface area (Å²) in [5.41, 5.74) is 4.33. The van der Waals surface area contributed by atoms with Crippen molar-refractivity contribution in [3.05, 3.63) is 89.5 Å². The van der Waals surface area contributed by atoms with Crippen LogP contribution in [0.4, 0.5) is 5.69 Å². The highest BCUT2D eigenvalue weighted by Crippen LogP contribution is 2.35. The number of amides is 1. The van der Waals surface area contributed by atoms with Crippen molar-refractivity contribution in [2.45, 2.75) is 63.1 Å². The lowest BCUT2D eigenvalue weighted by atomic mass is 9.99. The van der Waals surface area contributed by atoms with E-state index >= 15 is 0 Å². The highest BCUT2D eigenvalue weighted by Gasteiger charge is 2.14. The molecule has 0 fully saturated rings. The quantitative estimate of drug-likeness (QED) is 0.111. The summed E-state index contributed by atoms with van der Waals surface area (Å²) in [5.74, 6) is 1.58. The van der Waals surface area contributed by atoms with E-state index in [0.29, 0.717) is 46.7 Å². The molecule has 0 aliphatic heterocycles. The lowest BCUT2D eigenvalue weighted by molar-refractivity contribution is -0.116. The Hall–Kier alpha value is -3.66. The minimum atomic E-state index is -1.22. The lowest BCUT2D eigenvalue weighted by Gasteiger charge is -2.14. The molecule has 4 rings (SSSR count). The number of carbonyl (C=O) groups excluding carboxylic acids is 1. The maximum absolute atomic E-state index is 12.9. The molecule has 0 saturated heterocycles. The Labute approximate surface area is 273 Å². The second-order valence-corrected chi connectivity index (χ2v) is 12.5. The van der Waals surface area contributed by atoms with E-state index in [1.807, 2.05) is 41.0 Å². The molecule has 3 aromatic carbocycles. The molecule has 0 saturated carbocycles. The molecule has 0 aliphatic carbocycles. The summed E-state index contributed by atoms with van der Waals surface area (Å²) in [4.78, 5) is 17.8. The Kier molecular flexibility index (Phi) is 13.5. The molecule has 4 aromatic rings. The molecule has 1 N–H and O–H groups in total. The van der Waals surface area contributed by atoms with Crippen molar-refractivity contribution in [2.75, 3.05) is 32.2 Å². The number of imidazole rings is 1. The number of hydrogen-bond donors (Lipinski definition) is 1. The van der Waals surface area contributed by atoms with E-state index in [2.05, 4.69) is 24.1 Å². The van der Waals surface area contributed by atoms with Crippen LogP contribution in [-0.2, 0) is 39.0 Å². The van der Waals surface area contributed by atoms with Gasteiger partial charge in [0.2, 0.25) is 5.91 Å². The minimum absolute atomic E-state index is 0.143. The van der Waals surface area contributed by atoms with Crippen molar-refractivity contribution in [2.24, 2.45) is 0 Å². The predicted octanol–water partition coefficient (Wildman–Crippen LogP) is 7.70. The van der Waals surface area contributed by atoms with Gasteiger partial charge in [0, 0.05) is 36.4 Å². The Morgan fingerprint density at radius 1 is 0.978 bits per heavy atom. The van der Waals surface area contributed by atoms with E-state index in [-0.39, 0.29) is 12.3 Å². The second-order valence-electron chi connectivity index (χ2n) is 10.6. The number of nitrogens with zero attached hydrogens (tertiary/aromatic N) is 2. The summed E-state index contributed by atoms with van der Waals surface area (Å²) in [5, 5.41) is 3.42. The van der Waals surface area contributed by atoms with Crippen molar-refractivity contribution >= 4 is 34.0 Å². The molecule has 0 bridgehead atoms. The number of benzene rings is 3. The van der Waals surface area contributed by atoms with Crippen LogP contribution in [0, 0.1) is 0 Å². The first kappa shape index (κ1) is 34.2. The smallest absolute Gasteiger partial charge is 0.224 e. The highest BCUT2D eigenvalue weighted by atomic mass is 35.5. The second kappa shape index (κ2) is 17.7. The fraction of sp³-hybridized carbons (Fsp3) is 0.371. The van der Waals surface area contributed by atoms with Gasteiger partial charge in [-0.05, 0) is 84.5 Å². The van der Waals surface area contributed by atoms with Gasteiger partial charge < -0.3 is 24.1 Å². The summed E-state index contributed by atoms with van der Waals surface area (Å²) in [6.45, 7) is 6.90. The molecule has 0 aliphatic rings. The van der Waals surface area contributed by atoms with E-state index in [4.69, 9.17) is 25.8 Å². The molecule has 45 heavy (non-hydrogen) atoms. The van der Waals surface area contributed by atoms with Crippen LogP contribution >= 0.6 is 11.6 Å². The number of halogens is 1. The minimum Gasteiger partial charge on any atom is -0.495 e. The summed E-state index contributed by atoms with van der Waals surface area (Å²) in [6, 6.07) is 18.8. The van der Waals surface area contributed by atoms with Gasteiger partial charge in [-0.1, -0.05) is 44.0 Å². The van der Waals surface area contributed by atoms with Crippen LogP contribution in [0.2, 0.25) is 5.02 Å². The third kappa shape index (κ3) is 10.2. The van der Waals surface area contributed by atoms with Crippen LogP contribution in [0.5, 0.6) is 11.5 Å². The Balaban J connectivity index is 1.32. The van der Waals surface area contributed by atoms with Gasteiger partial charge in [0.15, 0.2) is 0 Å². The molecule has 0 unspecified atom stereocenters. The Morgan fingerprint density at radius 3 is 2.47 bits per heavy atom. The van der Waals surface area contributed by atoms with Gasteiger partial charge in [-0.25, -0.2) is 4.98 Å². The van der Waals surface area contributed by atoms with Gasteiger partial charge in [-0.2, -0.15) is 0 Å². The van der Waals surface area contributed by atoms with E-state index < -0.39 is 10.8 Å². The third-order valence-electron chi connectivity index (χ3n) is 7.22. The zero-order valence-corrected chi connectivity index (χ0v) is 27.8. The largest absolute Gasteiger partial charge is 0.495 e. The van der Waals surface area contributed by atoms with Crippen molar-refractivity contribution in [3.63, 3.8) is 0 Å². The van der Waals surface area contributed by atoms with Crippen LogP contribution in [0.1, 0.15) is 50.8 Å². The molecule has 1 heterocycles. The number of methoxy groups -OCH3 is 1. The normalized spacial score (nSPS) is 11.7. The van der Waals surface area contributed by atoms with Crippen LogP contribution in [0.15, 0.2) is 78.1 Å². The van der Waals surface area contributed by atoms with Crippen molar-refractivity contribution in [1.29, 1.82) is 0 Å². The van der Waals surface area contributed by atoms with Crippen molar-refractivity contribution in [1.82, 2.24) is 9.55 Å². The molecular weight excluding hydrogens is 610 g/mol. The number of anilines is 1. The number of nitrogens with one attached hydrogen (secondary N) is 1. The summed E-state index contributed by atoms with van der Waals surface area (Å²) < 4.78 is 31.9. The van der Waals surface area contributed by atoms with Gasteiger partial charge in [0.25, 0.3) is 0 Å². The van der Waals surface area contributed by atoms with Crippen molar-refractivity contribution in [3.8, 4) is 22.6 Å².